The van der Waals surface area contributed by atoms with Crippen LogP contribution in [0.1, 0.15) is 11.4 Å². The van der Waals surface area contributed by atoms with E-state index >= 15 is 0 Å². The number of hydrogen-bond donors (Lipinski definition) is 1. The second-order valence-corrected chi connectivity index (χ2v) is 7.79. The summed E-state index contributed by atoms with van der Waals surface area (Å²) in [6.45, 7) is 0.679. The van der Waals surface area contributed by atoms with Crippen molar-refractivity contribution in [2.75, 3.05) is 26.0 Å². The second kappa shape index (κ2) is 9.97. The van der Waals surface area contributed by atoms with Crippen molar-refractivity contribution in [2.24, 2.45) is 0 Å². The normalized spacial score (nSPS) is 11.4. The topological polar surface area (TPSA) is 93.0 Å². The van der Waals surface area contributed by atoms with Crippen molar-refractivity contribution < 1.29 is 4.79 Å². The summed E-state index contributed by atoms with van der Waals surface area (Å²) in [4.78, 5) is 39.9. The standard InChI is InChI=1S/C25H24N6O2/c1-30(2)14-6-9-23(32)28-19-10-12-20(13-11-19)31-24(33)17-26-21-16-27-22(29-25(21)31)15-18-7-4-3-5-8-18/h3-13,16-17H,14-15H2,1-2H3,(H,28,32)/b9-6+. The highest BCUT2D eigenvalue weighted by Crippen LogP contribution is 2.16. The number of nitrogens with one attached hydrogen (secondary N) is 1. The summed E-state index contributed by atoms with van der Waals surface area (Å²) in [6.07, 6.45) is 6.73. The maximum absolute atomic E-state index is 12.7. The summed E-state index contributed by atoms with van der Waals surface area (Å²) in [7, 11) is 3.86. The molecular weight excluding hydrogens is 416 g/mol. The van der Waals surface area contributed by atoms with Crippen molar-refractivity contribution in [3.8, 4) is 5.69 Å². The van der Waals surface area contributed by atoms with Gasteiger partial charge in [0.25, 0.3) is 5.56 Å². The number of carbonyl (C=O) groups is 1. The molecule has 1 amide bonds. The highest BCUT2D eigenvalue weighted by atomic mass is 16.1. The van der Waals surface area contributed by atoms with E-state index in [9.17, 15) is 9.59 Å². The maximum atomic E-state index is 12.7. The molecule has 0 bridgehead atoms. The van der Waals surface area contributed by atoms with Crippen LogP contribution >= 0.6 is 0 Å². The molecule has 0 aliphatic rings. The van der Waals surface area contributed by atoms with Crippen molar-refractivity contribution in [1.82, 2.24) is 24.4 Å². The number of carbonyl (C=O) groups excluding carboxylic acids is 1. The molecule has 2 aromatic heterocycles. The molecule has 0 unspecified atom stereocenters. The minimum atomic E-state index is -0.296. The number of rotatable bonds is 7. The highest BCUT2D eigenvalue weighted by molar-refractivity contribution is 5.99. The molecule has 8 heteroatoms. The fourth-order valence-electron chi connectivity index (χ4n) is 3.31. The van der Waals surface area contributed by atoms with Gasteiger partial charge in [0.2, 0.25) is 5.91 Å². The zero-order chi connectivity index (χ0) is 23.2. The molecule has 2 heterocycles. The van der Waals surface area contributed by atoms with E-state index in [1.165, 1.54) is 16.8 Å². The van der Waals surface area contributed by atoms with Crippen molar-refractivity contribution in [2.45, 2.75) is 6.42 Å². The van der Waals surface area contributed by atoms with Gasteiger partial charge in [-0.15, -0.1) is 0 Å². The van der Waals surface area contributed by atoms with Crippen LogP contribution in [0.2, 0.25) is 0 Å². The van der Waals surface area contributed by atoms with Crippen molar-refractivity contribution in [3.63, 3.8) is 0 Å². The van der Waals surface area contributed by atoms with E-state index < -0.39 is 0 Å². The lowest BCUT2D eigenvalue weighted by Crippen LogP contribution is -2.20. The third-order valence-corrected chi connectivity index (χ3v) is 4.88. The molecule has 0 spiro atoms. The van der Waals surface area contributed by atoms with Gasteiger partial charge in [0, 0.05) is 24.7 Å². The van der Waals surface area contributed by atoms with Crippen molar-refractivity contribution >= 4 is 22.8 Å². The number of likely N-dealkylation sites (N-methyl/N-ethyl adjacent to an activating group) is 1. The largest absolute Gasteiger partial charge is 0.323 e. The van der Waals surface area contributed by atoms with Crippen LogP contribution in [0.15, 0.2) is 83.9 Å². The van der Waals surface area contributed by atoms with Crippen LogP contribution in [0.3, 0.4) is 0 Å². The van der Waals surface area contributed by atoms with Gasteiger partial charge >= 0.3 is 0 Å². The zero-order valence-electron chi connectivity index (χ0n) is 18.5. The number of amides is 1. The van der Waals surface area contributed by atoms with Gasteiger partial charge in [0.1, 0.15) is 11.3 Å². The number of anilines is 1. The molecule has 166 valence electrons. The minimum Gasteiger partial charge on any atom is -0.323 e. The van der Waals surface area contributed by atoms with Crippen LogP contribution in [0.5, 0.6) is 0 Å². The Kier molecular flexibility index (Phi) is 6.66. The summed E-state index contributed by atoms with van der Waals surface area (Å²) >= 11 is 0. The van der Waals surface area contributed by atoms with Gasteiger partial charge in [0.15, 0.2) is 5.65 Å². The van der Waals surface area contributed by atoms with E-state index in [-0.39, 0.29) is 11.5 Å². The number of aromatic nitrogens is 4. The Hall–Kier alpha value is -4.17. The molecular formula is C25H24N6O2. The van der Waals surface area contributed by atoms with E-state index in [0.29, 0.717) is 41.3 Å². The predicted molar refractivity (Wildman–Crippen MR) is 129 cm³/mol. The first kappa shape index (κ1) is 22.0. The van der Waals surface area contributed by atoms with Crippen molar-refractivity contribution in [1.29, 1.82) is 0 Å². The third kappa shape index (κ3) is 5.55. The van der Waals surface area contributed by atoms with Gasteiger partial charge in [-0.05, 0) is 43.9 Å². The molecule has 4 aromatic rings. The quantitative estimate of drug-likeness (QED) is 0.444. The summed E-state index contributed by atoms with van der Waals surface area (Å²) < 4.78 is 1.50. The first-order valence-corrected chi connectivity index (χ1v) is 10.5. The van der Waals surface area contributed by atoms with Crippen LogP contribution in [0.25, 0.3) is 16.9 Å². The third-order valence-electron chi connectivity index (χ3n) is 4.88. The van der Waals surface area contributed by atoms with E-state index in [4.69, 9.17) is 0 Å². The van der Waals surface area contributed by atoms with Gasteiger partial charge < -0.3 is 10.2 Å². The molecule has 0 radical (unpaired) electrons. The summed E-state index contributed by atoms with van der Waals surface area (Å²) in [5.74, 6) is 0.387. The average molecular weight is 441 g/mol. The SMILES string of the molecule is CN(C)C/C=C/C(=O)Nc1ccc(-n2c(=O)cnc3cnc(Cc4ccccc4)nc32)cc1. The van der Waals surface area contributed by atoms with Crippen LogP contribution in [0, 0.1) is 0 Å². The van der Waals surface area contributed by atoms with Crippen LogP contribution in [0.4, 0.5) is 5.69 Å². The molecule has 0 saturated heterocycles. The number of hydrogen-bond acceptors (Lipinski definition) is 6. The lowest BCUT2D eigenvalue weighted by molar-refractivity contribution is -0.111. The number of nitrogens with zero attached hydrogens (tertiary/aromatic N) is 5. The van der Waals surface area contributed by atoms with E-state index in [0.717, 1.165) is 5.56 Å². The first-order chi connectivity index (χ1) is 16.0. The fraction of sp³-hybridized carbons (Fsp3) is 0.160. The monoisotopic (exact) mass is 440 g/mol. The lowest BCUT2D eigenvalue weighted by atomic mass is 10.1. The summed E-state index contributed by atoms with van der Waals surface area (Å²) in [5, 5.41) is 2.81. The van der Waals surface area contributed by atoms with Crippen LogP contribution in [-0.2, 0) is 11.2 Å². The lowest BCUT2D eigenvalue weighted by Gasteiger charge is -2.11. The number of fused-ring (bicyclic) bond motifs is 1. The molecule has 0 aliphatic carbocycles. The molecule has 33 heavy (non-hydrogen) atoms. The molecule has 2 aromatic carbocycles. The molecule has 1 N–H and O–H groups in total. The first-order valence-electron chi connectivity index (χ1n) is 10.5. The molecule has 0 atom stereocenters. The fourth-order valence-corrected chi connectivity index (χ4v) is 3.31. The van der Waals surface area contributed by atoms with E-state index in [1.54, 1.807) is 36.5 Å². The number of benzene rings is 2. The maximum Gasteiger partial charge on any atom is 0.275 e. The van der Waals surface area contributed by atoms with Crippen LogP contribution < -0.4 is 10.9 Å². The molecule has 0 saturated carbocycles. The highest BCUT2D eigenvalue weighted by Gasteiger charge is 2.11. The molecule has 8 nitrogen and oxygen atoms in total. The van der Waals surface area contributed by atoms with Gasteiger partial charge in [0.05, 0.1) is 18.1 Å². The van der Waals surface area contributed by atoms with Gasteiger partial charge in [-0.25, -0.2) is 15.0 Å². The predicted octanol–water partition coefficient (Wildman–Crippen LogP) is 2.82. The Morgan fingerprint density at radius 3 is 2.52 bits per heavy atom. The smallest absolute Gasteiger partial charge is 0.275 e. The summed E-state index contributed by atoms with van der Waals surface area (Å²) in [5.41, 5.74) is 2.99. The second-order valence-electron chi connectivity index (χ2n) is 7.79. The Bertz CT molecular complexity index is 1350. The van der Waals surface area contributed by atoms with E-state index in [1.807, 2.05) is 49.3 Å². The van der Waals surface area contributed by atoms with Gasteiger partial charge in [-0.2, -0.15) is 0 Å². The Morgan fingerprint density at radius 1 is 1.03 bits per heavy atom. The molecule has 0 aliphatic heterocycles. The molecule has 4 rings (SSSR count). The average Bonchev–Trinajstić information content (AvgIpc) is 2.80. The molecule has 0 fully saturated rings. The van der Waals surface area contributed by atoms with Gasteiger partial charge in [-0.1, -0.05) is 36.4 Å². The van der Waals surface area contributed by atoms with Crippen molar-refractivity contribution in [3.05, 3.63) is 101 Å². The van der Waals surface area contributed by atoms with Crippen LogP contribution in [-0.4, -0.2) is 51.0 Å². The Balaban J connectivity index is 1.61. The summed E-state index contributed by atoms with van der Waals surface area (Å²) in [6, 6.07) is 16.9. The Morgan fingerprint density at radius 2 is 1.79 bits per heavy atom. The minimum absolute atomic E-state index is 0.213. The van der Waals surface area contributed by atoms with E-state index in [2.05, 4.69) is 20.3 Å². The Labute approximate surface area is 191 Å². The zero-order valence-corrected chi connectivity index (χ0v) is 18.5. The van der Waals surface area contributed by atoms with Gasteiger partial charge in [-0.3, -0.25) is 14.2 Å².